The van der Waals surface area contributed by atoms with Crippen LogP contribution < -0.4 is 0 Å². The average Bonchev–Trinajstić information content (AvgIpc) is 2.21. The number of carbonyl (C=O) groups excluding carboxylic acids is 1. The van der Waals surface area contributed by atoms with Crippen molar-refractivity contribution < 1.29 is 22.7 Å². The molecule has 0 aliphatic rings. The van der Waals surface area contributed by atoms with Crippen LogP contribution in [-0.4, -0.2) is 13.1 Å². The zero-order valence-corrected chi connectivity index (χ0v) is 7.76. The molecule has 0 amide bonds. The van der Waals surface area contributed by atoms with Crippen LogP contribution in [0.3, 0.4) is 0 Å². The second-order valence-corrected chi connectivity index (χ2v) is 2.64. The SMILES string of the molecule is COC(=O)C=Cc1cc(F)c(F)cc1F. The molecule has 0 fully saturated rings. The van der Waals surface area contributed by atoms with E-state index in [1.807, 2.05) is 0 Å². The third kappa shape index (κ3) is 2.83. The highest BCUT2D eigenvalue weighted by Gasteiger charge is 2.07. The van der Waals surface area contributed by atoms with E-state index < -0.39 is 23.4 Å². The van der Waals surface area contributed by atoms with Gasteiger partial charge in [-0.05, 0) is 12.1 Å². The van der Waals surface area contributed by atoms with Crippen molar-refractivity contribution in [2.24, 2.45) is 0 Å². The Labute approximate surface area is 84.0 Å². The highest BCUT2D eigenvalue weighted by atomic mass is 19.2. The molecule has 1 rings (SSSR count). The van der Waals surface area contributed by atoms with Gasteiger partial charge in [0.1, 0.15) is 5.82 Å². The Bertz CT molecular complexity index is 413. The maximum atomic E-state index is 13.0. The number of halogens is 3. The van der Waals surface area contributed by atoms with Crippen LogP contribution in [0, 0.1) is 17.5 Å². The highest BCUT2D eigenvalue weighted by molar-refractivity contribution is 5.86. The molecular weight excluding hydrogens is 209 g/mol. The number of hydrogen-bond acceptors (Lipinski definition) is 2. The lowest BCUT2D eigenvalue weighted by molar-refractivity contribution is -0.134. The molecule has 0 radical (unpaired) electrons. The minimum Gasteiger partial charge on any atom is -0.466 e. The second-order valence-electron chi connectivity index (χ2n) is 2.64. The first-order valence-electron chi connectivity index (χ1n) is 3.95. The van der Waals surface area contributed by atoms with E-state index in [9.17, 15) is 18.0 Å². The van der Waals surface area contributed by atoms with Crippen molar-refractivity contribution >= 4 is 12.0 Å². The lowest BCUT2D eigenvalue weighted by Gasteiger charge is -1.98. The van der Waals surface area contributed by atoms with Crippen LogP contribution in [0.2, 0.25) is 0 Å². The zero-order chi connectivity index (χ0) is 11.4. The van der Waals surface area contributed by atoms with Gasteiger partial charge in [-0.15, -0.1) is 0 Å². The van der Waals surface area contributed by atoms with E-state index in [0.29, 0.717) is 12.1 Å². The Morgan fingerprint density at radius 1 is 1.20 bits per heavy atom. The molecule has 0 saturated heterocycles. The van der Waals surface area contributed by atoms with Gasteiger partial charge in [-0.25, -0.2) is 18.0 Å². The molecule has 0 saturated carbocycles. The molecule has 1 aromatic rings. The largest absolute Gasteiger partial charge is 0.466 e. The van der Waals surface area contributed by atoms with Crippen LogP contribution in [0.1, 0.15) is 5.56 Å². The van der Waals surface area contributed by atoms with E-state index in [1.54, 1.807) is 0 Å². The third-order valence-corrected chi connectivity index (χ3v) is 1.64. The standard InChI is InChI=1S/C10H7F3O2/c1-15-10(14)3-2-6-4-8(12)9(13)5-7(6)11/h2-5H,1H3. The number of hydrogen-bond donors (Lipinski definition) is 0. The summed E-state index contributed by atoms with van der Waals surface area (Å²) >= 11 is 0. The number of benzene rings is 1. The Morgan fingerprint density at radius 2 is 1.80 bits per heavy atom. The second kappa shape index (κ2) is 4.63. The fraction of sp³-hybridized carbons (Fsp3) is 0.100. The summed E-state index contributed by atoms with van der Waals surface area (Å²) in [5.74, 6) is -4.11. The van der Waals surface area contributed by atoms with Crippen LogP contribution in [0.15, 0.2) is 18.2 Å². The highest BCUT2D eigenvalue weighted by Crippen LogP contribution is 2.14. The summed E-state index contributed by atoms with van der Waals surface area (Å²) in [6.07, 6.45) is 1.92. The van der Waals surface area contributed by atoms with Gasteiger partial charge in [0.05, 0.1) is 7.11 Å². The van der Waals surface area contributed by atoms with Gasteiger partial charge in [-0.1, -0.05) is 0 Å². The van der Waals surface area contributed by atoms with Crippen LogP contribution in [-0.2, 0) is 9.53 Å². The van der Waals surface area contributed by atoms with Gasteiger partial charge >= 0.3 is 5.97 Å². The first kappa shape index (κ1) is 11.3. The first-order valence-corrected chi connectivity index (χ1v) is 3.95. The summed E-state index contributed by atoms with van der Waals surface area (Å²) in [6.45, 7) is 0. The van der Waals surface area contributed by atoms with E-state index >= 15 is 0 Å². The van der Waals surface area contributed by atoms with Crippen molar-refractivity contribution in [3.05, 3.63) is 41.2 Å². The molecule has 0 N–H and O–H groups in total. The summed E-state index contributed by atoms with van der Waals surface area (Å²) < 4.78 is 42.4. The summed E-state index contributed by atoms with van der Waals surface area (Å²) in [4.78, 5) is 10.6. The lowest BCUT2D eigenvalue weighted by Crippen LogP contribution is -1.95. The third-order valence-electron chi connectivity index (χ3n) is 1.64. The van der Waals surface area contributed by atoms with Crippen LogP contribution in [0.25, 0.3) is 6.08 Å². The van der Waals surface area contributed by atoms with Gasteiger partial charge in [0.2, 0.25) is 0 Å². The molecule has 80 valence electrons. The average molecular weight is 216 g/mol. The molecule has 0 spiro atoms. The van der Waals surface area contributed by atoms with Gasteiger partial charge in [0.15, 0.2) is 11.6 Å². The van der Waals surface area contributed by atoms with E-state index in [4.69, 9.17) is 0 Å². The van der Waals surface area contributed by atoms with Crippen molar-refractivity contribution in [1.29, 1.82) is 0 Å². The summed E-state index contributed by atoms with van der Waals surface area (Å²) in [7, 11) is 1.15. The Balaban J connectivity index is 3.00. The first-order chi connectivity index (χ1) is 7.04. The van der Waals surface area contributed by atoms with Crippen molar-refractivity contribution in [3.63, 3.8) is 0 Å². The lowest BCUT2D eigenvalue weighted by atomic mass is 10.2. The van der Waals surface area contributed by atoms with Crippen molar-refractivity contribution in [3.8, 4) is 0 Å². The van der Waals surface area contributed by atoms with Gasteiger partial charge in [0.25, 0.3) is 0 Å². The molecule has 1 aromatic carbocycles. The quantitative estimate of drug-likeness (QED) is 0.430. The monoisotopic (exact) mass is 216 g/mol. The molecule has 2 nitrogen and oxygen atoms in total. The predicted octanol–water partition coefficient (Wildman–Crippen LogP) is 2.29. The van der Waals surface area contributed by atoms with E-state index in [0.717, 1.165) is 19.3 Å². The smallest absolute Gasteiger partial charge is 0.330 e. The van der Waals surface area contributed by atoms with E-state index in [-0.39, 0.29) is 5.56 Å². The maximum absolute atomic E-state index is 13.0. The Morgan fingerprint density at radius 3 is 2.40 bits per heavy atom. The van der Waals surface area contributed by atoms with Crippen LogP contribution in [0.5, 0.6) is 0 Å². The zero-order valence-electron chi connectivity index (χ0n) is 7.76. The number of ether oxygens (including phenoxy) is 1. The Hall–Kier alpha value is -1.78. The molecule has 0 bridgehead atoms. The topological polar surface area (TPSA) is 26.3 Å². The number of methoxy groups -OCH3 is 1. The number of rotatable bonds is 2. The molecule has 0 aliphatic heterocycles. The number of esters is 1. The van der Waals surface area contributed by atoms with E-state index in [1.165, 1.54) is 0 Å². The van der Waals surface area contributed by atoms with Gasteiger partial charge in [-0.2, -0.15) is 0 Å². The molecule has 15 heavy (non-hydrogen) atoms. The van der Waals surface area contributed by atoms with Crippen molar-refractivity contribution in [2.75, 3.05) is 7.11 Å². The van der Waals surface area contributed by atoms with Gasteiger partial charge in [0, 0.05) is 17.7 Å². The molecular formula is C10H7F3O2. The minimum atomic E-state index is -1.28. The fourth-order valence-electron chi connectivity index (χ4n) is 0.892. The maximum Gasteiger partial charge on any atom is 0.330 e. The molecule has 0 atom stereocenters. The van der Waals surface area contributed by atoms with E-state index in [2.05, 4.69) is 4.74 Å². The van der Waals surface area contributed by atoms with Crippen LogP contribution >= 0.6 is 0 Å². The number of carbonyl (C=O) groups is 1. The molecule has 0 unspecified atom stereocenters. The fourth-order valence-corrected chi connectivity index (χ4v) is 0.892. The van der Waals surface area contributed by atoms with Crippen molar-refractivity contribution in [2.45, 2.75) is 0 Å². The predicted molar refractivity (Wildman–Crippen MR) is 47.4 cm³/mol. The summed E-state index contributed by atoms with van der Waals surface area (Å²) in [5.41, 5.74) is -0.223. The molecule has 0 aliphatic carbocycles. The molecule has 0 aromatic heterocycles. The summed E-state index contributed by atoms with van der Waals surface area (Å²) in [6, 6.07) is 1.07. The Kier molecular flexibility index (Phi) is 3.49. The van der Waals surface area contributed by atoms with Crippen molar-refractivity contribution in [1.82, 2.24) is 0 Å². The van der Waals surface area contributed by atoms with Crippen LogP contribution in [0.4, 0.5) is 13.2 Å². The summed E-state index contributed by atoms with van der Waals surface area (Å²) in [5, 5.41) is 0. The molecule has 5 heteroatoms. The van der Waals surface area contributed by atoms with Gasteiger partial charge in [-0.3, -0.25) is 0 Å². The van der Waals surface area contributed by atoms with Gasteiger partial charge < -0.3 is 4.74 Å². The minimum absolute atomic E-state index is 0.223. The normalized spacial score (nSPS) is 10.7. The molecule has 0 heterocycles.